The summed E-state index contributed by atoms with van der Waals surface area (Å²) in [4.78, 5) is 18.4. The molecule has 3 rings (SSSR count). The number of hydrogen-bond donors (Lipinski definition) is 1. The number of carbonyl (C=O) groups is 1. The molecular weight excluding hydrogens is 278 g/mol. The summed E-state index contributed by atoms with van der Waals surface area (Å²) in [5, 5.41) is 0. The van der Waals surface area contributed by atoms with E-state index in [9.17, 15) is 4.79 Å². The first-order chi connectivity index (χ1) is 10.6. The second-order valence-electron chi connectivity index (χ2n) is 5.78. The summed E-state index contributed by atoms with van der Waals surface area (Å²) >= 11 is 0. The molecule has 2 N–H and O–H groups in total. The molecule has 1 aliphatic heterocycles. The van der Waals surface area contributed by atoms with E-state index in [4.69, 9.17) is 10.2 Å². The van der Waals surface area contributed by atoms with Crippen LogP contribution in [0.25, 0.3) is 11.3 Å². The number of oxazole rings is 1. The number of nitrogens with two attached hydrogens (primary N) is 1. The fraction of sp³-hybridized carbons (Fsp3) is 0.412. The Morgan fingerprint density at radius 3 is 2.86 bits per heavy atom. The number of amides is 1. The summed E-state index contributed by atoms with van der Waals surface area (Å²) in [5.41, 5.74) is 7.70. The van der Waals surface area contributed by atoms with Gasteiger partial charge in [-0.25, -0.2) is 4.98 Å². The van der Waals surface area contributed by atoms with Gasteiger partial charge in [-0.1, -0.05) is 30.3 Å². The van der Waals surface area contributed by atoms with Crippen LogP contribution in [0.15, 0.2) is 34.7 Å². The molecule has 0 unspecified atom stereocenters. The van der Waals surface area contributed by atoms with Crippen LogP contribution in [0.1, 0.15) is 24.4 Å². The zero-order valence-corrected chi connectivity index (χ0v) is 12.8. The minimum Gasteiger partial charge on any atom is -0.440 e. The third-order valence-corrected chi connectivity index (χ3v) is 4.01. The Labute approximate surface area is 130 Å². The highest BCUT2D eigenvalue weighted by Crippen LogP contribution is 2.24. The van der Waals surface area contributed by atoms with Crippen LogP contribution in [0, 0.1) is 6.92 Å². The lowest BCUT2D eigenvalue weighted by atomic mass is 10.1. The van der Waals surface area contributed by atoms with Gasteiger partial charge in [-0.05, 0) is 13.3 Å². The predicted molar refractivity (Wildman–Crippen MR) is 84.2 cm³/mol. The average Bonchev–Trinajstić information content (AvgIpc) is 3.12. The number of benzene rings is 1. The van der Waals surface area contributed by atoms with Crippen LogP contribution >= 0.6 is 0 Å². The minimum atomic E-state index is 0.123. The first-order valence-corrected chi connectivity index (χ1v) is 7.68. The molecule has 22 heavy (non-hydrogen) atoms. The number of aromatic nitrogens is 1. The molecular formula is C17H21N3O2. The van der Waals surface area contributed by atoms with Gasteiger partial charge in [0.2, 0.25) is 5.91 Å². The summed E-state index contributed by atoms with van der Waals surface area (Å²) in [6.07, 6.45) is 1.83. The predicted octanol–water partition coefficient (Wildman–Crippen LogP) is 2.14. The Hall–Kier alpha value is -2.14. The second kappa shape index (κ2) is 6.32. The van der Waals surface area contributed by atoms with E-state index in [0.717, 1.165) is 30.0 Å². The quantitative estimate of drug-likeness (QED) is 0.939. The van der Waals surface area contributed by atoms with Gasteiger partial charge in [-0.2, -0.15) is 0 Å². The van der Waals surface area contributed by atoms with Gasteiger partial charge < -0.3 is 15.1 Å². The molecule has 0 saturated carbocycles. The Bertz CT molecular complexity index is 651. The monoisotopic (exact) mass is 299 g/mol. The molecule has 5 heteroatoms. The molecule has 0 radical (unpaired) electrons. The zero-order valence-electron chi connectivity index (χ0n) is 12.8. The highest BCUT2D eigenvalue weighted by molar-refractivity contribution is 5.76. The maximum Gasteiger partial charge on any atom is 0.223 e. The van der Waals surface area contributed by atoms with Crippen molar-refractivity contribution >= 4 is 5.91 Å². The fourth-order valence-corrected chi connectivity index (χ4v) is 2.80. The molecule has 2 aromatic rings. The van der Waals surface area contributed by atoms with Crippen molar-refractivity contribution in [1.82, 2.24) is 9.88 Å². The van der Waals surface area contributed by atoms with Gasteiger partial charge in [0.25, 0.3) is 0 Å². The van der Waals surface area contributed by atoms with Crippen molar-refractivity contribution in [2.24, 2.45) is 5.73 Å². The number of nitrogens with zero attached hydrogens (tertiary/aromatic N) is 2. The summed E-state index contributed by atoms with van der Waals surface area (Å²) in [6, 6.07) is 10.0. The lowest BCUT2D eigenvalue weighted by Gasteiger charge is -2.14. The number of aryl methyl sites for hydroxylation is 2. The molecule has 1 aromatic carbocycles. The maximum absolute atomic E-state index is 12.1. The number of likely N-dealkylation sites (tertiary alicyclic amines) is 1. The molecule has 1 aliphatic rings. The van der Waals surface area contributed by atoms with Crippen molar-refractivity contribution in [2.45, 2.75) is 32.2 Å². The second-order valence-corrected chi connectivity index (χ2v) is 5.78. The van der Waals surface area contributed by atoms with Gasteiger partial charge in [0.1, 0.15) is 0 Å². The van der Waals surface area contributed by atoms with Crippen LogP contribution < -0.4 is 5.73 Å². The largest absolute Gasteiger partial charge is 0.440 e. The smallest absolute Gasteiger partial charge is 0.223 e. The molecule has 1 saturated heterocycles. The molecule has 116 valence electrons. The fourth-order valence-electron chi connectivity index (χ4n) is 2.80. The van der Waals surface area contributed by atoms with E-state index < -0.39 is 0 Å². The molecule has 0 spiro atoms. The Morgan fingerprint density at radius 2 is 2.18 bits per heavy atom. The molecule has 0 aliphatic carbocycles. The van der Waals surface area contributed by atoms with Gasteiger partial charge in [-0.15, -0.1) is 0 Å². The summed E-state index contributed by atoms with van der Waals surface area (Å²) in [5.74, 6) is 1.53. The van der Waals surface area contributed by atoms with Crippen LogP contribution in [-0.2, 0) is 11.2 Å². The Morgan fingerprint density at radius 1 is 1.41 bits per heavy atom. The van der Waals surface area contributed by atoms with Gasteiger partial charge >= 0.3 is 0 Å². The maximum atomic E-state index is 12.1. The van der Waals surface area contributed by atoms with Gasteiger partial charge in [0.15, 0.2) is 11.7 Å². The van der Waals surface area contributed by atoms with E-state index in [2.05, 4.69) is 4.98 Å². The van der Waals surface area contributed by atoms with Crippen molar-refractivity contribution in [1.29, 1.82) is 0 Å². The number of hydrogen-bond acceptors (Lipinski definition) is 4. The summed E-state index contributed by atoms with van der Waals surface area (Å²) < 4.78 is 5.83. The van der Waals surface area contributed by atoms with E-state index >= 15 is 0 Å². The zero-order chi connectivity index (χ0) is 15.5. The number of carbonyl (C=O) groups excluding carboxylic acids is 1. The van der Waals surface area contributed by atoms with Crippen LogP contribution in [0.4, 0.5) is 0 Å². The van der Waals surface area contributed by atoms with E-state index in [-0.39, 0.29) is 11.9 Å². The first kappa shape index (κ1) is 14.8. The Balaban J connectivity index is 1.63. The van der Waals surface area contributed by atoms with E-state index in [0.29, 0.717) is 25.3 Å². The third kappa shape index (κ3) is 3.20. The van der Waals surface area contributed by atoms with Gasteiger partial charge in [-0.3, -0.25) is 4.79 Å². The highest BCUT2D eigenvalue weighted by Gasteiger charge is 2.23. The number of rotatable bonds is 4. The van der Waals surface area contributed by atoms with Crippen LogP contribution in [-0.4, -0.2) is 34.9 Å². The van der Waals surface area contributed by atoms with E-state index in [1.54, 1.807) is 0 Å². The lowest BCUT2D eigenvalue weighted by Crippen LogP contribution is -2.31. The molecule has 1 fully saturated rings. The van der Waals surface area contributed by atoms with Crippen molar-refractivity contribution in [2.75, 3.05) is 13.1 Å². The van der Waals surface area contributed by atoms with E-state index in [1.807, 2.05) is 42.2 Å². The summed E-state index contributed by atoms with van der Waals surface area (Å²) in [6.45, 7) is 3.36. The molecule has 5 nitrogen and oxygen atoms in total. The van der Waals surface area contributed by atoms with E-state index in [1.165, 1.54) is 0 Å². The van der Waals surface area contributed by atoms with Crippen molar-refractivity contribution < 1.29 is 9.21 Å². The van der Waals surface area contributed by atoms with Crippen molar-refractivity contribution in [3.05, 3.63) is 41.9 Å². The van der Waals surface area contributed by atoms with Gasteiger partial charge in [0, 0.05) is 37.5 Å². The SMILES string of the molecule is Cc1nc(CCC(=O)N2CC[C@@H](N)C2)oc1-c1ccccc1. The highest BCUT2D eigenvalue weighted by atomic mass is 16.4. The summed E-state index contributed by atoms with van der Waals surface area (Å²) in [7, 11) is 0. The normalized spacial score (nSPS) is 17.9. The van der Waals surface area contributed by atoms with Crippen molar-refractivity contribution in [3.63, 3.8) is 0 Å². The average molecular weight is 299 g/mol. The Kier molecular flexibility index (Phi) is 4.24. The van der Waals surface area contributed by atoms with Crippen molar-refractivity contribution in [3.8, 4) is 11.3 Å². The van der Waals surface area contributed by atoms with Crippen LogP contribution in [0.3, 0.4) is 0 Å². The molecule has 1 atom stereocenters. The molecule has 2 heterocycles. The topological polar surface area (TPSA) is 72.4 Å². The molecule has 0 bridgehead atoms. The minimum absolute atomic E-state index is 0.123. The lowest BCUT2D eigenvalue weighted by molar-refractivity contribution is -0.130. The molecule has 1 aromatic heterocycles. The first-order valence-electron chi connectivity index (χ1n) is 7.68. The van der Waals surface area contributed by atoms with Crippen LogP contribution in [0.2, 0.25) is 0 Å². The third-order valence-electron chi connectivity index (χ3n) is 4.01. The molecule has 1 amide bonds. The standard InChI is InChI=1S/C17H21N3O2/c1-12-17(13-5-3-2-4-6-13)22-15(19-12)7-8-16(21)20-10-9-14(18)11-20/h2-6,14H,7-11,18H2,1H3/t14-/m1/s1. The van der Waals surface area contributed by atoms with Gasteiger partial charge in [0.05, 0.1) is 5.69 Å². The van der Waals surface area contributed by atoms with Crippen LogP contribution in [0.5, 0.6) is 0 Å².